The van der Waals surface area contributed by atoms with Gasteiger partial charge in [-0.2, -0.15) is 5.10 Å². The molecule has 2 saturated carbocycles. The lowest BCUT2D eigenvalue weighted by Crippen LogP contribution is -2.35. The molecule has 1 aliphatic heterocycles. The molecule has 1 aromatic heterocycles. The van der Waals surface area contributed by atoms with E-state index in [1.165, 1.54) is 32.1 Å². The van der Waals surface area contributed by atoms with Crippen molar-refractivity contribution in [2.24, 2.45) is 11.8 Å². The number of hydrogen-bond acceptors (Lipinski definition) is 3. The number of aromatic nitrogens is 2. The molecule has 0 radical (unpaired) electrons. The molecular weight excluding hydrogens is 318 g/mol. The van der Waals surface area contributed by atoms with E-state index in [0.29, 0.717) is 23.6 Å². The first-order chi connectivity index (χ1) is 12.2. The predicted octanol–water partition coefficient (Wildman–Crippen LogP) is 2.21. The Labute approximate surface area is 148 Å². The molecule has 3 fully saturated rings. The van der Waals surface area contributed by atoms with Gasteiger partial charge < -0.3 is 15.5 Å². The second-order valence-corrected chi connectivity index (χ2v) is 7.76. The lowest BCUT2D eigenvalue weighted by molar-refractivity contribution is -0.122. The van der Waals surface area contributed by atoms with E-state index in [2.05, 4.69) is 15.7 Å². The molecule has 2 aliphatic carbocycles. The van der Waals surface area contributed by atoms with Crippen LogP contribution in [0.4, 0.5) is 10.5 Å². The quantitative estimate of drug-likeness (QED) is 0.878. The Hall–Kier alpha value is -2.05. The van der Waals surface area contributed by atoms with Crippen LogP contribution in [0.2, 0.25) is 0 Å². The number of carbonyl (C=O) groups is 2. The molecule has 7 nitrogen and oxygen atoms in total. The molecule has 3 aliphatic rings. The Balaban J connectivity index is 1.26. The van der Waals surface area contributed by atoms with Gasteiger partial charge in [-0.25, -0.2) is 4.79 Å². The van der Waals surface area contributed by atoms with E-state index in [-0.39, 0.29) is 18.5 Å². The standard InChI is InChI=1S/C18H27N5O2/c24-17(20-15-6-1-2-7-15)12-23-11-16(8-19-23)21-18(25)22-9-13-4-3-5-14(13)10-22/h8,11,13-15H,1-7,9-10,12H2,(H,20,24)(H,21,25). The molecule has 1 aromatic rings. The van der Waals surface area contributed by atoms with Crippen molar-refractivity contribution in [1.82, 2.24) is 20.0 Å². The molecule has 2 N–H and O–H groups in total. The molecule has 3 amide bonds. The Morgan fingerprint density at radius 1 is 1.08 bits per heavy atom. The highest BCUT2D eigenvalue weighted by atomic mass is 16.2. The summed E-state index contributed by atoms with van der Waals surface area (Å²) in [6.45, 7) is 1.93. The summed E-state index contributed by atoms with van der Waals surface area (Å²) < 4.78 is 1.58. The highest BCUT2D eigenvalue weighted by molar-refractivity contribution is 5.89. The Morgan fingerprint density at radius 3 is 2.52 bits per heavy atom. The zero-order valence-electron chi connectivity index (χ0n) is 14.6. The molecule has 2 heterocycles. The zero-order chi connectivity index (χ0) is 17.2. The van der Waals surface area contributed by atoms with Crippen molar-refractivity contribution in [3.8, 4) is 0 Å². The molecule has 7 heteroatoms. The van der Waals surface area contributed by atoms with Gasteiger partial charge in [-0.1, -0.05) is 19.3 Å². The van der Waals surface area contributed by atoms with E-state index in [1.54, 1.807) is 17.1 Å². The van der Waals surface area contributed by atoms with Crippen LogP contribution in [0, 0.1) is 11.8 Å². The number of rotatable bonds is 4. The van der Waals surface area contributed by atoms with Gasteiger partial charge in [-0.05, 0) is 37.5 Å². The molecule has 4 rings (SSSR count). The van der Waals surface area contributed by atoms with Crippen LogP contribution in [0.25, 0.3) is 0 Å². The maximum absolute atomic E-state index is 12.4. The average molecular weight is 345 g/mol. The van der Waals surface area contributed by atoms with E-state index in [4.69, 9.17) is 0 Å². The second-order valence-electron chi connectivity index (χ2n) is 7.76. The Bertz CT molecular complexity index is 625. The monoisotopic (exact) mass is 345 g/mol. The highest BCUT2D eigenvalue weighted by Gasteiger charge is 2.38. The Kier molecular flexibility index (Phi) is 4.63. The van der Waals surface area contributed by atoms with Crippen LogP contribution in [0.5, 0.6) is 0 Å². The summed E-state index contributed by atoms with van der Waals surface area (Å²) in [5.74, 6) is 1.36. The van der Waals surface area contributed by atoms with Crippen molar-refractivity contribution in [1.29, 1.82) is 0 Å². The number of carbonyl (C=O) groups excluding carboxylic acids is 2. The van der Waals surface area contributed by atoms with Crippen LogP contribution in [-0.2, 0) is 11.3 Å². The Morgan fingerprint density at radius 2 is 1.80 bits per heavy atom. The maximum atomic E-state index is 12.4. The van der Waals surface area contributed by atoms with Crippen molar-refractivity contribution in [2.45, 2.75) is 57.5 Å². The summed E-state index contributed by atoms with van der Waals surface area (Å²) in [5.41, 5.74) is 0.649. The maximum Gasteiger partial charge on any atom is 0.321 e. The first kappa shape index (κ1) is 16.4. The second kappa shape index (κ2) is 7.06. The van der Waals surface area contributed by atoms with Crippen LogP contribution >= 0.6 is 0 Å². The lowest BCUT2D eigenvalue weighted by Gasteiger charge is -2.17. The summed E-state index contributed by atoms with van der Waals surface area (Å²) >= 11 is 0. The van der Waals surface area contributed by atoms with Gasteiger partial charge in [0.15, 0.2) is 0 Å². The predicted molar refractivity (Wildman–Crippen MR) is 94.0 cm³/mol. The number of nitrogens with zero attached hydrogens (tertiary/aromatic N) is 3. The van der Waals surface area contributed by atoms with Crippen molar-refractivity contribution in [2.75, 3.05) is 18.4 Å². The van der Waals surface area contributed by atoms with E-state index in [9.17, 15) is 9.59 Å². The summed E-state index contributed by atoms with van der Waals surface area (Å²) in [6.07, 6.45) is 11.7. The SMILES string of the molecule is O=C(Cn1cc(NC(=O)N2CC3CCCC3C2)cn1)NC1CCCC1. The van der Waals surface area contributed by atoms with Gasteiger partial charge in [0.1, 0.15) is 6.54 Å². The first-order valence-corrected chi connectivity index (χ1v) is 9.55. The van der Waals surface area contributed by atoms with E-state index in [1.807, 2.05) is 4.90 Å². The molecule has 1 saturated heterocycles. The summed E-state index contributed by atoms with van der Waals surface area (Å²) in [7, 11) is 0. The van der Waals surface area contributed by atoms with E-state index >= 15 is 0 Å². The summed E-state index contributed by atoms with van der Waals surface area (Å²) in [5, 5.41) is 10.2. The zero-order valence-corrected chi connectivity index (χ0v) is 14.6. The fraction of sp³-hybridized carbons (Fsp3) is 0.722. The number of nitrogens with one attached hydrogen (secondary N) is 2. The van der Waals surface area contributed by atoms with E-state index in [0.717, 1.165) is 25.9 Å². The van der Waals surface area contributed by atoms with Crippen LogP contribution < -0.4 is 10.6 Å². The van der Waals surface area contributed by atoms with E-state index < -0.39 is 0 Å². The minimum Gasteiger partial charge on any atom is -0.352 e. The van der Waals surface area contributed by atoms with Crippen LogP contribution in [0.15, 0.2) is 12.4 Å². The molecule has 0 spiro atoms. The van der Waals surface area contributed by atoms with Crippen molar-refractivity contribution in [3.05, 3.63) is 12.4 Å². The molecule has 2 atom stereocenters. The van der Waals surface area contributed by atoms with Crippen LogP contribution in [-0.4, -0.2) is 45.8 Å². The normalized spacial score (nSPS) is 26.0. The van der Waals surface area contributed by atoms with Crippen molar-refractivity contribution >= 4 is 17.6 Å². The number of hydrogen-bond donors (Lipinski definition) is 2. The van der Waals surface area contributed by atoms with Crippen molar-refractivity contribution < 1.29 is 9.59 Å². The number of amides is 3. The average Bonchev–Trinajstić information content (AvgIpc) is 3.30. The third-order valence-electron chi connectivity index (χ3n) is 5.92. The summed E-state index contributed by atoms with van der Waals surface area (Å²) in [4.78, 5) is 26.4. The van der Waals surface area contributed by atoms with Gasteiger partial charge in [0.05, 0.1) is 11.9 Å². The van der Waals surface area contributed by atoms with Gasteiger partial charge >= 0.3 is 6.03 Å². The molecule has 136 valence electrons. The fourth-order valence-corrected chi connectivity index (χ4v) is 4.61. The smallest absolute Gasteiger partial charge is 0.321 e. The molecule has 0 bridgehead atoms. The van der Waals surface area contributed by atoms with Gasteiger partial charge in [0.2, 0.25) is 5.91 Å². The van der Waals surface area contributed by atoms with Crippen LogP contribution in [0.3, 0.4) is 0 Å². The largest absolute Gasteiger partial charge is 0.352 e. The van der Waals surface area contributed by atoms with Gasteiger partial charge in [0.25, 0.3) is 0 Å². The summed E-state index contributed by atoms with van der Waals surface area (Å²) in [6, 6.07) is 0.265. The minimum absolute atomic E-state index is 0.0137. The van der Waals surface area contributed by atoms with Gasteiger partial charge in [0, 0.05) is 25.3 Å². The van der Waals surface area contributed by atoms with Gasteiger partial charge in [-0.3, -0.25) is 9.48 Å². The van der Waals surface area contributed by atoms with Crippen molar-refractivity contribution in [3.63, 3.8) is 0 Å². The number of likely N-dealkylation sites (tertiary alicyclic amines) is 1. The third kappa shape index (κ3) is 3.80. The fourth-order valence-electron chi connectivity index (χ4n) is 4.61. The third-order valence-corrected chi connectivity index (χ3v) is 5.92. The number of anilines is 1. The molecular formula is C18H27N5O2. The molecule has 25 heavy (non-hydrogen) atoms. The minimum atomic E-state index is -0.0515. The van der Waals surface area contributed by atoms with Crippen LogP contribution in [0.1, 0.15) is 44.9 Å². The lowest BCUT2D eigenvalue weighted by atomic mass is 10.0. The van der Waals surface area contributed by atoms with Gasteiger partial charge in [-0.15, -0.1) is 0 Å². The topological polar surface area (TPSA) is 79.3 Å². The number of urea groups is 1. The highest BCUT2D eigenvalue weighted by Crippen LogP contribution is 2.37. The molecule has 2 unspecified atom stereocenters. The number of fused-ring (bicyclic) bond motifs is 1. The first-order valence-electron chi connectivity index (χ1n) is 9.55. The molecule has 0 aromatic carbocycles.